The number of carbonyl (C=O) groups excluding carboxylic acids is 2. The number of halogens is 2. The summed E-state index contributed by atoms with van der Waals surface area (Å²) >= 11 is 12.0. The molecule has 0 spiro atoms. The fraction of sp³-hybridized carbons (Fsp3) is 0.417. The van der Waals surface area contributed by atoms with Crippen molar-refractivity contribution in [1.82, 2.24) is 15.2 Å². The van der Waals surface area contributed by atoms with Crippen LogP contribution in [0, 0.1) is 0 Å². The van der Waals surface area contributed by atoms with Crippen molar-refractivity contribution in [2.45, 2.75) is 6.04 Å². The van der Waals surface area contributed by atoms with E-state index < -0.39 is 11.8 Å². The molecule has 0 saturated carbocycles. The van der Waals surface area contributed by atoms with Crippen LogP contribution in [0.25, 0.3) is 0 Å². The highest BCUT2D eigenvalue weighted by molar-refractivity contribution is 6.36. The van der Waals surface area contributed by atoms with Crippen molar-refractivity contribution < 1.29 is 9.59 Å². The van der Waals surface area contributed by atoms with Crippen molar-refractivity contribution >= 4 is 40.8 Å². The molecule has 2 saturated heterocycles. The van der Waals surface area contributed by atoms with Crippen molar-refractivity contribution in [1.29, 1.82) is 0 Å². The summed E-state index contributed by atoms with van der Waals surface area (Å²) in [4.78, 5) is 30.9. The number of hydrogen-bond donors (Lipinski definition) is 1. The van der Waals surface area contributed by atoms with Crippen LogP contribution in [-0.2, 0) is 9.59 Å². The molecule has 2 aliphatic rings. The first-order valence-corrected chi connectivity index (χ1v) is 6.96. The van der Waals surface area contributed by atoms with Gasteiger partial charge in [0.2, 0.25) is 0 Å². The van der Waals surface area contributed by atoms with Crippen LogP contribution in [0.5, 0.6) is 0 Å². The van der Waals surface area contributed by atoms with E-state index >= 15 is 0 Å². The predicted molar refractivity (Wildman–Crippen MR) is 75.0 cm³/mol. The number of hydrogen-bond acceptors (Lipinski definition) is 4. The molecule has 2 fully saturated rings. The number of nitrogens with zero attached hydrogens (tertiary/aromatic N) is 3. The number of pyridine rings is 1. The second kappa shape index (κ2) is 5.10. The molecule has 1 atom stereocenters. The first-order chi connectivity index (χ1) is 9.56. The van der Waals surface area contributed by atoms with Gasteiger partial charge in [0.25, 0.3) is 0 Å². The van der Waals surface area contributed by atoms with E-state index in [1.807, 2.05) is 4.90 Å². The molecule has 0 aliphatic carbocycles. The van der Waals surface area contributed by atoms with Gasteiger partial charge in [0.15, 0.2) is 0 Å². The molecule has 0 aromatic carbocycles. The summed E-state index contributed by atoms with van der Waals surface area (Å²) in [6, 6.07) is 1.59. The van der Waals surface area contributed by atoms with Gasteiger partial charge >= 0.3 is 11.8 Å². The molecule has 20 heavy (non-hydrogen) atoms. The normalized spacial score (nSPS) is 22.6. The molecular weight excluding hydrogens is 303 g/mol. The van der Waals surface area contributed by atoms with E-state index in [9.17, 15) is 9.59 Å². The van der Waals surface area contributed by atoms with Crippen LogP contribution >= 0.6 is 23.2 Å². The topological polar surface area (TPSA) is 65.5 Å². The van der Waals surface area contributed by atoms with Crippen molar-refractivity contribution in [3.05, 3.63) is 22.3 Å². The van der Waals surface area contributed by atoms with Crippen LogP contribution in [0.1, 0.15) is 0 Å². The zero-order valence-corrected chi connectivity index (χ0v) is 12.0. The van der Waals surface area contributed by atoms with E-state index in [2.05, 4.69) is 10.3 Å². The summed E-state index contributed by atoms with van der Waals surface area (Å²) in [5.41, 5.74) is 0. The summed E-state index contributed by atoms with van der Waals surface area (Å²) in [6.07, 6.45) is 1.54. The summed E-state index contributed by atoms with van der Waals surface area (Å²) in [6.45, 7) is 2.11. The van der Waals surface area contributed by atoms with E-state index in [-0.39, 0.29) is 6.04 Å². The highest BCUT2D eigenvalue weighted by atomic mass is 35.5. The van der Waals surface area contributed by atoms with Gasteiger partial charge in [-0.3, -0.25) is 9.59 Å². The highest BCUT2D eigenvalue weighted by Crippen LogP contribution is 2.28. The van der Waals surface area contributed by atoms with Crippen molar-refractivity contribution in [3.8, 4) is 0 Å². The quantitative estimate of drug-likeness (QED) is 0.768. The van der Waals surface area contributed by atoms with Crippen LogP contribution in [0.15, 0.2) is 12.3 Å². The monoisotopic (exact) mass is 314 g/mol. The van der Waals surface area contributed by atoms with Gasteiger partial charge in [0, 0.05) is 32.4 Å². The number of rotatable bonds is 1. The van der Waals surface area contributed by atoms with Crippen LogP contribution < -0.4 is 10.2 Å². The Morgan fingerprint density at radius 1 is 1.30 bits per heavy atom. The van der Waals surface area contributed by atoms with Crippen molar-refractivity contribution in [3.63, 3.8) is 0 Å². The average molecular weight is 315 g/mol. The molecule has 3 rings (SSSR count). The van der Waals surface area contributed by atoms with E-state index in [0.717, 1.165) is 0 Å². The van der Waals surface area contributed by atoms with Gasteiger partial charge in [-0.25, -0.2) is 4.98 Å². The summed E-state index contributed by atoms with van der Waals surface area (Å²) < 4.78 is 0. The molecule has 2 amide bonds. The Balaban J connectivity index is 1.79. The molecular formula is C12H12Cl2N4O2. The van der Waals surface area contributed by atoms with E-state index in [0.29, 0.717) is 42.0 Å². The maximum atomic E-state index is 11.8. The summed E-state index contributed by atoms with van der Waals surface area (Å²) in [5.74, 6) is -0.339. The third kappa shape index (κ3) is 2.29. The minimum Gasteiger partial charge on any atom is -0.351 e. The molecule has 1 aromatic heterocycles. The lowest BCUT2D eigenvalue weighted by atomic mass is 10.1. The number of piperazine rings is 2. The fourth-order valence-corrected chi connectivity index (χ4v) is 3.05. The molecule has 1 aromatic rings. The summed E-state index contributed by atoms with van der Waals surface area (Å²) in [5, 5.41) is 3.56. The van der Waals surface area contributed by atoms with Gasteiger partial charge in [0.05, 0.1) is 16.1 Å². The van der Waals surface area contributed by atoms with Crippen molar-refractivity contribution in [2.75, 3.05) is 31.1 Å². The second-order valence-electron chi connectivity index (χ2n) is 4.77. The number of aromatic nitrogens is 1. The highest BCUT2D eigenvalue weighted by Gasteiger charge is 2.38. The molecule has 0 bridgehead atoms. The van der Waals surface area contributed by atoms with Gasteiger partial charge in [-0.15, -0.1) is 0 Å². The van der Waals surface area contributed by atoms with E-state index in [1.165, 1.54) is 0 Å². The molecule has 8 heteroatoms. The Hall–Kier alpha value is -1.53. The first kappa shape index (κ1) is 13.5. The Morgan fingerprint density at radius 2 is 2.10 bits per heavy atom. The van der Waals surface area contributed by atoms with Gasteiger partial charge < -0.3 is 15.1 Å². The SMILES string of the molecule is O=C1NC[C@H]2CN(c3ncc(Cl)cc3Cl)CCN2C1=O. The number of anilines is 1. The number of fused-ring (bicyclic) bond motifs is 1. The van der Waals surface area contributed by atoms with Gasteiger partial charge in [-0.1, -0.05) is 23.2 Å². The minimum absolute atomic E-state index is 0.0532. The number of amides is 2. The molecule has 106 valence electrons. The van der Waals surface area contributed by atoms with Gasteiger partial charge in [-0.05, 0) is 6.07 Å². The Labute approximate surface area is 125 Å². The Kier molecular flexibility index (Phi) is 3.43. The zero-order valence-electron chi connectivity index (χ0n) is 10.5. The lowest BCUT2D eigenvalue weighted by molar-refractivity contribution is -0.150. The maximum absolute atomic E-state index is 11.8. The van der Waals surface area contributed by atoms with Gasteiger partial charge in [0.1, 0.15) is 5.82 Å². The second-order valence-corrected chi connectivity index (χ2v) is 5.61. The maximum Gasteiger partial charge on any atom is 0.312 e. The van der Waals surface area contributed by atoms with Crippen molar-refractivity contribution in [2.24, 2.45) is 0 Å². The largest absolute Gasteiger partial charge is 0.351 e. The van der Waals surface area contributed by atoms with Crippen LogP contribution in [0.3, 0.4) is 0 Å². The molecule has 1 N–H and O–H groups in total. The minimum atomic E-state index is -0.530. The molecule has 3 heterocycles. The lowest BCUT2D eigenvalue weighted by Crippen LogP contribution is -2.65. The molecule has 0 radical (unpaired) electrons. The molecule has 6 nitrogen and oxygen atoms in total. The third-order valence-corrected chi connectivity index (χ3v) is 4.01. The smallest absolute Gasteiger partial charge is 0.312 e. The van der Waals surface area contributed by atoms with Gasteiger partial charge in [-0.2, -0.15) is 0 Å². The van der Waals surface area contributed by atoms with E-state index in [4.69, 9.17) is 23.2 Å². The Morgan fingerprint density at radius 3 is 2.85 bits per heavy atom. The summed E-state index contributed by atoms with van der Waals surface area (Å²) in [7, 11) is 0. The standard InChI is InChI=1S/C12H12Cl2N4O2/c13-7-3-9(14)10(15-4-7)17-1-2-18-8(6-17)5-16-11(19)12(18)20/h3-4,8H,1-2,5-6H2,(H,16,19)/t8-/m0/s1. The predicted octanol–water partition coefficient (Wildman–Crippen LogP) is 0.535. The third-order valence-electron chi connectivity index (χ3n) is 3.52. The first-order valence-electron chi connectivity index (χ1n) is 6.21. The molecule has 2 aliphatic heterocycles. The van der Waals surface area contributed by atoms with Crippen LogP contribution in [-0.4, -0.2) is 53.9 Å². The molecule has 0 unspecified atom stereocenters. The number of carbonyl (C=O) groups is 2. The lowest BCUT2D eigenvalue weighted by Gasteiger charge is -2.43. The number of nitrogens with one attached hydrogen (secondary N) is 1. The van der Waals surface area contributed by atoms with Crippen LogP contribution in [0.4, 0.5) is 5.82 Å². The fourth-order valence-electron chi connectivity index (χ4n) is 2.55. The average Bonchev–Trinajstić information content (AvgIpc) is 2.43. The van der Waals surface area contributed by atoms with Crippen LogP contribution in [0.2, 0.25) is 10.0 Å². The van der Waals surface area contributed by atoms with E-state index in [1.54, 1.807) is 17.2 Å². The zero-order chi connectivity index (χ0) is 14.3. The Bertz CT molecular complexity index is 581.